The summed E-state index contributed by atoms with van der Waals surface area (Å²) in [6, 6.07) is 14.4. The second kappa shape index (κ2) is 8.25. The van der Waals surface area contributed by atoms with Crippen molar-refractivity contribution in [2.24, 2.45) is 0 Å². The van der Waals surface area contributed by atoms with Gasteiger partial charge in [0.05, 0.1) is 16.4 Å². The number of amides is 1. The second-order valence-corrected chi connectivity index (χ2v) is 7.85. The number of carbonyl (C=O) groups is 2. The van der Waals surface area contributed by atoms with Crippen LogP contribution >= 0.6 is 22.9 Å². The molecule has 0 aliphatic carbocycles. The largest absolute Gasteiger partial charge is 0.451 e. The molecule has 0 aliphatic heterocycles. The van der Waals surface area contributed by atoms with E-state index in [1.54, 1.807) is 16.8 Å². The molecule has 4 rings (SSSR count). The normalized spacial score (nSPS) is 10.9. The predicted octanol–water partition coefficient (Wildman–Crippen LogP) is 4.98. The summed E-state index contributed by atoms with van der Waals surface area (Å²) in [7, 11) is 0. The molecule has 4 aromatic rings. The molecule has 0 atom stereocenters. The number of hydrogen-bond acceptors (Lipinski definition) is 5. The monoisotopic (exact) mass is 443 g/mol. The van der Waals surface area contributed by atoms with Crippen molar-refractivity contribution in [1.29, 1.82) is 0 Å². The Kier molecular flexibility index (Phi) is 5.52. The molecule has 2 heterocycles. The fraction of sp³-hybridized carbons (Fsp3) is 0.0952. The fourth-order valence-corrected chi connectivity index (χ4v) is 4.19. The highest BCUT2D eigenvalue weighted by atomic mass is 35.5. The number of aromatic nitrogens is 2. The molecule has 30 heavy (non-hydrogen) atoms. The van der Waals surface area contributed by atoms with E-state index < -0.39 is 24.3 Å². The number of ether oxygens (including phenoxy) is 1. The van der Waals surface area contributed by atoms with E-state index in [0.29, 0.717) is 15.6 Å². The number of aryl methyl sites for hydroxylation is 1. The van der Waals surface area contributed by atoms with Crippen LogP contribution in [-0.2, 0) is 9.53 Å². The topological polar surface area (TPSA) is 73.2 Å². The quantitative estimate of drug-likeness (QED) is 0.441. The van der Waals surface area contributed by atoms with E-state index in [1.807, 2.05) is 25.1 Å². The lowest BCUT2D eigenvalue weighted by Crippen LogP contribution is -2.20. The van der Waals surface area contributed by atoms with Gasteiger partial charge in [-0.25, -0.2) is 13.9 Å². The number of fused-ring (bicyclic) bond motifs is 1. The van der Waals surface area contributed by atoms with Crippen molar-refractivity contribution >= 4 is 50.7 Å². The molecule has 152 valence electrons. The van der Waals surface area contributed by atoms with E-state index >= 15 is 0 Å². The molecular formula is C21H15ClFN3O3S. The molecule has 1 N–H and O–H groups in total. The molecular weight excluding hydrogens is 429 g/mol. The van der Waals surface area contributed by atoms with Gasteiger partial charge in [0.1, 0.15) is 15.5 Å². The van der Waals surface area contributed by atoms with Crippen molar-refractivity contribution in [2.75, 3.05) is 11.9 Å². The molecule has 0 spiro atoms. The summed E-state index contributed by atoms with van der Waals surface area (Å²) in [5.41, 5.74) is 1.73. The first-order chi connectivity index (χ1) is 14.4. The molecule has 0 radical (unpaired) electrons. The number of anilines is 1. The summed E-state index contributed by atoms with van der Waals surface area (Å²) >= 11 is 7.48. The van der Waals surface area contributed by atoms with Crippen molar-refractivity contribution in [3.63, 3.8) is 0 Å². The number of nitrogens with zero attached hydrogens (tertiary/aromatic N) is 2. The Hall–Kier alpha value is -3.23. The van der Waals surface area contributed by atoms with E-state index in [1.165, 1.54) is 35.6 Å². The maximum atomic E-state index is 13.2. The number of rotatable bonds is 5. The average molecular weight is 444 g/mol. The molecule has 2 aromatic heterocycles. The van der Waals surface area contributed by atoms with E-state index in [-0.39, 0.29) is 5.69 Å². The SMILES string of the molecule is Cc1nn(-c2ccccc2Cl)c2sc(C(=O)OCC(=O)Nc3cccc(F)c3)cc12. The van der Waals surface area contributed by atoms with E-state index in [9.17, 15) is 14.0 Å². The van der Waals surface area contributed by atoms with Gasteiger partial charge < -0.3 is 10.1 Å². The molecule has 0 unspecified atom stereocenters. The first-order valence-electron chi connectivity index (χ1n) is 8.89. The summed E-state index contributed by atoms with van der Waals surface area (Å²) in [5, 5.41) is 8.32. The van der Waals surface area contributed by atoms with Gasteiger partial charge >= 0.3 is 5.97 Å². The van der Waals surface area contributed by atoms with Gasteiger partial charge in [-0.2, -0.15) is 5.10 Å². The Morgan fingerprint density at radius 3 is 2.77 bits per heavy atom. The summed E-state index contributed by atoms with van der Waals surface area (Å²) in [4.78, 5) is 25.5. The highest BCUT2D eigenvalue weighted by molar-refractivity contribution is 7.20. The van der Waals surface area contributed by atoms with Gasteiger partial charge in [-0.1, -0.05) is 29.8 Å². The fourth-order valence-electron chi connectivity index (χ4n) is 2.90. The average Bonchev–Trinajstić information content (AvgIpc) is 3.27. The molecule has 9 heteroatoms. The van der Waals surface area contributed by atoms with Crippen molar-refractivity contribution in [2.45, 2.75) is 6.92 Å². The Morgan fingerprint density at radius 2 is 2.00 bits per heavy atom. The Morgan fingerprint density at radius 1 is 1.20 bits per heavy atom. The Labute approximate surface area is 179 Å². The van der Waals surface area contributed by atoms with Crippen molar-refractivity contribution in [3.8, 4) is 5.69 Å². The van der Waals surface area contributed by atoms with Gasteiger partial charge in [-0.05, 0) is 43.3 Å². The lowest BCUT2D eigenvalue weighted by molar-refractivity contribution is -0.119. The molecule has 0 fully saturated rings. The molecule has 0 saturated heterocycles. The van der Waals surface area contributed by atoms with Crippen LogP contribution in [0, 0.1) is 12.7 Å². The minimum Gasteiger partial charge on any atom is -0.451 e. The highest BCUT2D eigenvalue weighted by Crippen LogP contribution is 2.32. The molecule has 0 saturated carbocycles. The first kappa shape index (κ1) is 20.1. The van der Waals surface area contributed by atoms with Gasteiger partial charge in [0.15, 0.2) is 6.61 Å². The summed E-state index contributed by atoms with van der Waals surface area (Å²) < 4.78 is 20.0. The Bertz CT molecular complexity index is 1270. The van der Waals surface area contributed by atoms with Gasteiger partial charge in [0.25, 0.3) is 5.91 Å². The number of hydrogen-bond donors (Lipinski definition) is 1. The predicted molar refractivity (Wildman–Crippen MR) is 114 cm³/mol. The summed E-state index contributed by atoms with van der Waals surface area (Å²) in [6.45, 7) is 1.35. The van der Waals surface area contributed by atoms with Crippen molar-refractivity contribution in [3.05, 3.63) is 76.0 Å². The zero-order valence-electron chi connectivity index (χ0n) is 15.7. The molecule has 0 aliphatic rings. The zero-order valence-corrected chi connectivity index (χ0v) is 17.3. The van der Waals surface area contributed by atoms with Gasteiger partial charge in [-0.15, -0.1) is 11.3 Å². The number of para-hydroxylation sites is 1. The van der Waals surface area contributed by atoms with Crippen LogP contribution in [0.25, 0.3) is 15.9 Å². The number of benzene rings is 2. The van der Waals surface area contributed by atoms with Crippen LogP contribution in [0.2, 0.25) is 5.02 Å². The lowest BCUT2D eigenvalue weighted by atomic mass is 10.3. The maximum absolute atomic E-state index is 13.2. The summed E-state index contributed by atoms with van der Waals surface area (Å²) in [6.07, 6.45) is 0. The molecule has 2 aromatic carbocycles. The smallest absolute Gasteiger partial charge is 0.348 e. The number of esters is 1. The van der Waals surface area contributed by atoms with Gasteiger partial charge in [-0.3, -0.25) is 4.79 Å². The Balaban J connectivity index is 1.49. The highest BCUT2D eigenvalue weighted by Gasteiger charge is 2.19. The molecule has 0 bridgehead atoms. The zero-order chi connectivity index (χ0) is 21.3. The van der Waals surface area contributed by atoms with Gasteiger partial charge in [0, 0.05) is 11.1 Å². The van der Waals surface area contributed by atoms with E-state index in [4.69, 9.17) is 16.3 Å². The minimum absolute atomic E-state index is 0.286. The van der Waals surface area contributed by atoms with Crippen LogP contribution in [0.3, 0.4) is 0 Å². The van der Waals surface area contributed by atoms with Crippen LogP contribution in [0.15, 0.2) is 54.6 Å². The number of halogens is 2. The summed E-state index contributed by atoms with van der Waals surface area (Å²) in [5.74, 6) is -1.66. The maximum Gasteiger partial charge on any atom is 0.348 e. The van der Waals surface area contributed by atoms with E-state index in [0.717, 1.165) is 15.9 Å². The number of thiophene rings is 1. The van der Waals surface area contributed by atoms with Crippen molar-refractivity contribution in [1.82, 2.24) is 9.78 Å². The van der Waals surface area contributed by atoms with Crippen LogP contribution < -0.4 is 5.32 Å². The van der Waals surface area contributed by atoms with Crippen molar-refractivity contribution < 1.29 is 18.7 Å². The standard InChI is InChI=1S/C21H15ClFN3O3S/c1-12-15-10-18(30-20(15)26(25-12)17-8-3-2-7-16(17)22)21(28)29-11-19(27)24-14-6-4-5-13(23)9-14/h2-10H,11H2,1H3,(H,24,27). The first-order valence-corrected chi connectivity index (χ1v) is 10.1. The second-order valence-electron chi connectivity index (χ2n) is 6.41. The number of nitrogens with one attached hydrogen (secondary N) is 1. The van der Waals surface area contributed by atoms with Crippen LogP contribution in [0.4, 0.5) is 10.1 Å². The number of carbonyl (C=O) groups excluding carboxylic acids is 2. The van der Waals surface area contributed by atoms with Gasteiger partial charge in [0.2, 0.25) is 0 Å². The van der Waals surface area contributed by atoms with Crippen LogP contribution in [0.1, 0.15) is 15.4 Å². The third-order valence-electron chi connectivity index (χ3n) is 4.27. The van der Waals surface area contributed by atoms with Crippen LogP contribution in [0.5, 0.6) is 0 Å². The van der Waals surface area contributed by atoms with Crippen LogP contribution in [-0.4, -0.2) is 28.3 Å². The lowest BCUT2D eigenvalue weighted by Gasteiger charge is -2.06. The molecule has 1 amide bonds. The minimum atomic E-state index is -0.629. The third-order valence-corrected chi connectivity index (χ3v) is 5.68. The van der Waals surface area contributed by atoms with E-state index in [2.05, 4.69) is 10.4 Å². The molecule has 6 nitrogen and oxygen atoms in total. The third kappa shape index (κ3) is 4.05.